The molecule has 0 spiro atoms. The molecule has 1 N–H and O–H groups in total. The van der Waals surface area contributed by atoms with Crippen molar-refractivity contribution in [3.05, 3.63) is 59.9 Å². The number of hydrogen-bond acceptors (Lipinski definition) is 7. The highest BCUT2D eigenvalue weighted by molar-refractivity contribution is 6.04. The third-order valence-corrected chi connectivity index (χ3v) is 7.32. The second-order valence-electron chi connectivity index (χ2n) is 12.7. The molecule has 1 unspecified atom stereocenters. The molecule has 2 aliphatic heterocycles. The molecule has 2 fully saturated rings. The number of alkyl carbamates (subject to hydrolysis) is 1. The number of carbonyl (C=O) groups is 3. The number of nitrogens with zero attached hydrogens (tertiary/aromatic N) is 5. The highest BCUT2D eigenvalue weighted by atomic mass is 16.6. The Kier molecular flexibility index (Phi) is 8.57. The van der Waals surface area contributed by atoms with E-state index >= 15 is 0 Å². The Balaban J connectivity index is 1.67. The molecule has 218 valence electrons. The summed E-state index contributed by atoms with van der Waals surface area (Å²) in [6.45, 7) is 12.8. The Labute approximate surface area is 242 Å². The van der Waals surface area contributed by atoms with E-state index in [1.54, 1.807) is 50.2 Å². The Bertz CT molecular complexity index is 1290. The van der Waals surface area contributed by atoms with Gasteiger partial charge in [-0.2, -0.15) is 5.26 Å². The first kappa shape index (κ1) is 29.8. The fourth-order valence-electron chi connectivity index (χ4n) is 5.17. The third kappa shape index (κ3) is 6.96. The first-order valence-corrected chi connectivity index (χ1v) is 14.1. The Morgan fingerprint density at radius 1 is 1.10 bits per heavy atom. The zero-order valence-corrected chi connectivity index (χ0v) is 24.8. The first-order chi connectivity index (χ1) is 19.3. The van der Waals surface area contributed by atoms with Gasteiger partial charge < -0.3 is 15.0 Å². The third-order valence-electron chi connectivity index (χ3n) is 7.32. The summed E-state index contributed by atoms with van der Waals surface area (Å²) < 4.78 is 5.35. The molecule has 10 heteroatoms. The monoisotopic (exact) mass is 560 g/mol. The predicted octanol–water partition coefficient (Wildman–Crippen LogP) is 4.13. The summed E-state index contributed by atoms with van der Waals surface area (Å²) in [5, 5.41) is 12.5. The average Bonchev–Trinajstić information content (AvgIpc) is 3.36. The molecule has 2 atom stereocenters. The van der Waals surface area contributed by atoms with Crippen molar-refractivity contribution in [1.82, 2.24) is 20.1 Å². The van der Waals surface area contributed by atoms with Crippen LogP contribution in [0.15, 0.2) is 48.8 Å². The number of pyridine rings is 1. The van der Waals surface area contributed by atoms with E-state index in [0.717, 1.165) is 12.0 Å². The highest BCUT2D eigenvalue weighted by Crippen LogP contribution is 2.34. The van der Waals surface area contributed by atoms with E-state index < -0.39 is 23.8 Å². The molecule has 1 aromatic heterocycles. The maximum absolute atomic E-state index is 14.3. The fourth-order valence-corrected chi connectivity index (χ4v) is 5.17. The predicted molar refractivity (Wildman–Crippen MR) is 155 cm³/mol. The minimum absolute atomic E-state index is 0.0945. The van der Waals surface area contributed by atoms with E-state index in [4.69, 9.17) is 4.74 Å². The Hall–Kier alpha value is -4.13. The van der Waals surface area contributed by atoms with Crippen LogP contribution in [-0.2, 0) is 19.7 Å². The normalized spacial score (nSPS) is 18.2. The number of anilines is 1. The van der Waals surface area contributed by atoms with Gasteiger partial charge in [-0.3, -0.25) is 24.4 Å². The molecule has 0 radical (unpaired) electrons. The van der Waals surface area contributed by atoms with Gasteiger partial charge in [0.05, 0.1) is 6.04 Å². The lowest BCUT2D eigenvalue weighted by Crippen LogP contribution is -2.63. The van der Waals surface area contributed by atoms with Crippen molar-refractivity contribution in [2.75, 3.05) is 24.5 Å². The molecule has 1 aromatic carbocycles. The quantitative estimate of drug-likeness (QED) is 0.528. The number of amides is 3. The SMILES string of the molecule is CC(C)(C)OC(=O)NC1CN(C(=O)C(c2cccnc2)N(C(=O)[C@H]2CCCN2C#N)c2ccc(C(C)(C)C)cc2)C1. The van der Waals surface area contributed by atoms with E-state index in [1.807, 2.05) is 24.3 Å². The van der Waals surface area contributed by atoms with E-state index in [-0.39, 0.29) is 36.4 Å². The van der Waals surface area contributed by atoms with E-state index in [2.05, 4.69) is 37.3 Å². The summed E-state index contributed by atoms with van der Waals surface area (Å²) in [4.78, 5) is 49.6. The standard InChI is InChI=1S/C31H40N6O4/c1-30(2,3)22-11-13-24(14-12-22)37(27(38)25-10-8-16-35(25)20-32)26(21-9-7-15-33-17-21)28(39)36-18-23(19-36)34-29(40)41-31(4,5)6/h7,9,11-15,17,23,25-26H,8,10,16,18-19H2,1-6H3,(H,34,40)/t25-,26?/m1/s1. The summed E-state index contributed by atoms with van der Waals surface area (Å²) >= 11 is 0. The van der Waals surface area contributed by atoms with E-state index in [0.29, 0.717) is 24.2 Å². The van der Waals surface area contributed by atoms with Crippen LogP contribution in [0.5, 0.6) is 0 Å². The summed E-state index contributed by atoms with van der Waals surface area (Å²) in [6.07, 6.45) is 6.08. The van der Waals surface area contributed by atoms with Crippen molar-refractivity contribution in [2.45, 2.75) is 83.5 Å². The van der Waals surface area contributed by atoms with Crippen molar-refractivity contribution in [1.29, 1.82) is 5.26 Å². The lowest BCUT2D eigenvalue weighted by atomic mass is 9.87. The van der Waals surface area contributed by atoms with Gasteiger partial charge in [0.1, 0.15) is 17.7 Å². The smallest absolute Gasteiger partial charge is 0.407 e. The molecular formula is C31H40N6O4. The number of benzene rings is 1. The minimum Gasteiger partial charge on any atom is -0.444 e. The van der Waals surface area contributed by atoms with Crippen LogP contribution in [0.4, 0.5) is 10.5 Å². The summed E-state index contributed by atoms with van der Waals surface area (Å²) in [5.41, 5.74) is 1.50. The molecule has 2 aromatic rings. The van der Waals surface area contributed by atoms with E-state index in [1.165, 1.54) is 9.80 Å². The van der Waals surface area contributed by atoms with Crippen LogP contribution in [0.1, 0.15) is 71.6 Å². The molecule has 10 nitrogen and oxygen atoms in total. The van der Waals surface area contributed by atoms with Gasteiger partial charge in [0, 0.05) is 43.3 Å². The van der Waals surface area contributed by atoms with Crippen molar-refractivity contribution >= 4 is 23.6 Å². The number of likely N-dealkylation sites (tertiary alicyclic amines) is 2. The van der Waals surface area contributed by atoms with E-state index in [9.17, 15) is 19.6 Å². The van der Waals surface area contributed by atoms with Crippen LogP contribution in [0, 0.1) is 11.5 Å². The largest absolute Gasteiger partial charge is 0.444 e. The topological polar surface area (TPSA) is 119 Å². The van der Waals surface area contributed by atoms with Crippen molar-refractivity contribution in [3.63, 3.8) is 0 Å². The number of ether oxygens (including phenoxy) is 1. The maximum Gasteiger partial charge on any atom is 0.407 e. The minimum atomic E-state index is -1.000. The number of aromatic nitrogens is 1. The van der Waals surface area contributed by atoms with Gasteiger partial charge in [-0.1, -0.05) is 39.0 Å². The highest BCUT2D eigenvalue weighted by Gasteiger charge is 2.44. The summed E-state index contributed by atoms with van der Waals surface area (Å²) in [6, 6.07) is 9.28. The first-order valence-electron chi connectivity index (χ1n) is 14.1. The van der Waals surface area contributed by atoms with Gasteiger partial charge in [0.2, 0.25) is 0 Å². The summed E-state index contributed by atoms with van der Waals surface area (Å²) in [5.74, 6) is -0.589. The number of nitriles is 1. The molecule has 2 aliphatic rings. The van der Waals surface area contributed by atoms with Gasteiger partial charge in [0.25, 0.3) is 11.8 Å². The van der Waals surface area contributed by atoms with Crippen LogP contribution in [0.2, 0.25) is 0 Å². The number of carbonyl (C=O) groups excluding carboxylic acids is 3. The fraction of sp³-hybridized carbons (Fsp3) is 0.516. The molecule has 0 aliphatic carbocycles. The van der Waals surface area contributed by atoms with Crippen LogP contribution >= 0.6 is 0 Å². The summed E-state index contributed by atoms with van der Waals surface area (Å²) in [7, 11) is 0. The van der Waals surface area contributed by atoms with Gasteiger partial charge in [-0.25, -0.2) is 4.79 Å². The van der Waals surface area contributed by atoms with Crippen LogP contribution in [0.25, 0.3) is 0 Å². The van der Waals surface area contributed by atoms with Crippen LogP contribution < -0.4 is 10.2 Å². The van der Waals surface area contributed by atoms with Crippen molar-refractivity contribution in [3.8, 4) is 6.19 Å². The molecule has 0 bridgehead atoms. The molecule has 3 heterocycles. The number of hydrogen-bond donors (Lipinski definition) is 1. The number of rotatable bonds is 6. The lowest BCUT2D eigenvalue weighted by molar-refractivity contribution is -0.139. The van der Waals surface area contributed by atoms with Gasteiger partial charge in [-0.15, -0.1) is 0 Å². The zero-order valence-electron chi connectivity index (χ0n) is 24.8. The number of nitrogens with one attached hydrogen (secondary N) is 1. The Morgan fingerprint density at radius 3 is 2.34 bits per heavy atom. The van der Waals surface area contributed by atoms with Crippen molar-refractivity contribution in [2.24, 2.45) is 0 Å². The maximum atomic E-state index is 14.3. The molecule has 2 saturated heterocycles. The van der Waals surface area contributed by atoms with Gasteiger partial charge >= 0.3 is 6.09 Å². The second kappa shape index (κ2) is 11.8. The molecule has 41 heavy (non-hydrogen) atoms. The molecule has 4 rings (SSSR count). The Morgan fingerprint density at radius 2 is 1.78 bits per heavy atom. The molecule has 0 saturated carbocycles. The van der Waals surface area contributed by atoms with Crippen LogP contribution in [0.3, 0.4) is 0 Å². The van der Waals surface area contributed by atoms with Gasteiger partial charge in [0.15, 0.2) is 6.19 Å². The zero-order chi connectivity index (χ0) is 29.9. The molecular weight excluding hydrogens is 520 g/mol. The van der Waals surface area contributed by atoms with Gasteiger partial charge in [-0.05, 0) is 62.8 Å². The molecule has 3 amide bonds. The lowest BCUT2D eigenvalue weighted by Gasteiger charge is -2.43. The van der Waals surface area contributed by atoms with Crippen molar-refractivity contribution < 1.29 is 19.1 Å². The second-order valence-corrected chi connectivity index (χ2v) is 12.7. The average molecular weight is 561 g/mol. The van der Waals surface area contributed by atoms with Crippen LogP contribution in [-0.4, -0.2) is 70.0 Å².